The van der Waals surface area contributed by atoms with Crippen molar-refractivity contribution < 1.29 is 9.90 Å². The second kappa shape index (κ2) is 8.60. The Morgan fingerprint density at radius 2 is 1.78 bits per heavy atom. The summed E-state index contributed by atoms with van der Waals surface area (Å²) in [7, 11) is 1.92. The minimum atomic E-state index is -0.116. The number of hydrogen-bond donors (Lipinski definition) is 2. The van der Waals surface area contributed by atoms with E-state index in [1.807, 2.05) is 60.5 Å². The van der Waals surface area contributed by atoms with Crippen molar-refractivity contribution in [2.45, 2.75) is 11.8 Å². The zero-order valence-electron chi connectivity index (χ0n) is 13.5. The zero-order chi connectivity index (χ0) is 16.7. The number of nitrogens with one attached hydrogen (secondary N) is 1. The van der Waals surface area contributed by atoms with Gasteiger partial charge in [-0.15, -0.1) is 11.8 Å². The lowest BCUT2D eigenvalue weighted by Gasteiger charge is -2.18. The molecule has 0 saturated heterocycles. The summed E-state index contributed by atoms with van der Waals surface area (Å²) in [4.78, 5) is 15.4. The largest absolute Gasteiger partial charge is 0.395 e. The maximum Gasteiger partial charge on any atom is 0.255 e. The number of benzene rings is 2. The number of hydrogen-bond acceptors (Lipinski definition) is 4. The molecule has 23 heavy (non-hydrogen) atoms. The van der Waals surface area contributed by atoms with E-state index in [4.69, 9.17) is 5.11 Å². The van der Waals surface area contributed by atoms with Gasteiger partial charge >= 0.3 is 0 Å². The molecule has 0 unspecified atom stereocenters. The maximum absolute atomic E-state index is 12.2. The third-order valence-corrected chi connectivity index (χ3v) is 4.32. The molecule has 4 nitrogen and oxygen atoms in total. The molecule has 0 heterocycles. The van der Waals surface area contributed by atoms with Crippen LogP contribution in [0.1, 0.15) is 17.3 Å². The van der Waals surface area contributed by atoms with Crippen LogP contribution in [-0.2, 0) is 0 Å². The molecule has 0 aliphatic carbocycles. The fourth-order valence-corrected chi connectivity index (χ4v) is 2.81. The van der Waals surface area contributed by atoms with Crippen molar-refractivity contribution in [3.05, 3.63) is 54.1 Å². The molecule has 0 fully saturated rings. The highest BCUT2D eigenvalue weighted by atomic mass is 32.2. The highest BCUT2D eigenvalue weighted by Gasteiger charge is 2.07. The van der Waals surface area contributed by atoms with Gasteiger partial charge in [0, 0.05) is 35.4 Å². The smallest absolute Gasteiger partial charge is 0.255 e. The molecule has 5 heteroatoms. The van der Waals surface area contributed by atoms with Crippen molar-refractivity contribution in [3.63, 3.8) is 0 Å². The first-order valence-corrected chi connectivity index (χ1v) is 8.59. The number of carbonyl (C=O) groups excluding carboxylic acids is 1. The van der Waals surface area contributed by atoms with Crippen LogP contribution in [0.15, 0.2) is 53.4 Å². The van der Waals surface area contributed by atoms with Gasteiger partial charge in [0.2, 0.25) is 0 Å². The van der Waals surface area contributed by atoms with Gasteiger partial charge in [-0.1, -0.05) is 6.92 Å². The molecule has 0 aliphatic heterocycles. The van der Waals surface area contributed by atoms with E-state index in [0.29, 0.717) is 12.1 Å². The SMILES string of the molecule is CCSc1ccc(C(=O)Nc2ccc(N(C)CCO)cc2)cc1. The molecule has 2 rings (SSSR count). The van der Waals surface area contributed by atoms with Crippen molar-refractivity contribution >= 4 is 29.0 Å². The van der Waals surface area contributed by atoms with Gasteiger partial charge in [0.15, 0.2) is 0 Å². The molecule has 0 bridgehead atoms. The second-order valence-electron chi connectivity index (χ2n) is 5.10. The minimum absolute atomic E-state index is 0.112. The third kappa shape index (κ3) is 5.01. The molecule has 2 aromatic rings. The Hall–Kier alpha value is -1.98. The van der Waals surface area contributed by atoms with E-state index in [1.54, 1.807) is 11.8 Å². The summed E-state index contributed by atoms with van der Waals surface area (Å²) in [5, 5.41) is 11.8. The molecular weight excluding hydrogens is 308 g/mol. The number of likely N-dealkylation sites (N-methyl/N-ethyl adjacent to an activating group) is 1. The summed E-state index contributed by atoms with van der Waals surface area (Å²) >= 11 is 1.75. The average molecular weight is 330 g/mol. The summed E-state index contributed by atoms with van der Waals surface area (Å²) in [6, 6.07) is 15.2. The Bertz CT molecular complexity index is 626. The molecule has 2 N–H and O–H groups in total. The van der Waals surface area contributed by atoms with Crippen LogP contribution in [-0.4, -0.2) is 37.0 Å². The molecule has 0 aromatic heterocycles. The monoisotopic (exact) mass is 330 g/mol. The van der Waals surface area contributed by atoms with Gasteiger partial charge in [-0.3, -0.25) is 4.79 Å². The summed E-state index contributed by atoms with van der Waals surface area (Å²) in [5.41, 5.74) is 2.40. The van der Waals surface area contributed by atoms with E-state index in [2.05, 4.69) is 12.2 Å². The minimum Gasteiger partial charge on any atom is -0.395 e. The maximum atomic E-state index is 12.2. The Labute approximate surface area is 141 Å². The van der Waals surface area contributed by atoms with E-state index >= 15 is 0 Å². The van der Waals surface area contributed by atoms with Gasteiger partial charge in [0.25, 0.3) is 5.91 Å². The van der Waals surface area contributed by atoms with E-state index in [0.717, 1.165) is 17.1 Å². The number of aliphatic hydroxyl groups is 1. The average Bonchev–Trinajstić information content (AvgIpc) is 2.56. The second-order valence-corrected chi connectivity index (χ2v) is 6.44. The number of anilines is 2. The normalized spacial score (nSPS) is 10.4. The van der Waals surface area contributed by atoms with Crippen molar-refractivity contribution in [1.82, 2.24) is 0 Å². The first-order chi connectivity index (χ1) is 11.1. The van der Waals surface area contributed by atoms with E-state index in [1.165, 1.54) is 4.90 Å². The van der Waals surface area contributed by atoms with E-state index in [-0.39, 0.29) is 12.5 Å². The van der Waals surface area contributed by atoms with Crippen molar-refractivity contribution in [1.29, 1.82) is 0 Å². The predicted octanol–water partition coefficient (Wildman–Crippen LogP) is 3.48. The number of amides is 1. The number of thioether (sulfide) groups is 1. The fraction of sp³-hybridized carbons (Fsp3) is 0.278. The van der Waals surface area contributed by atoms with Gasteiger partial charge in [-0.2, -0.15) is 0 Å². The number of nitrogens with zero attached hydrogens (tertiary/aromatic N) is 1. The van der Waals surface area contributed by atoms with Crippen LogP contribution >= 0.6 is 11.8 Å². The lowest BCUT2D eigenvalue weighted by Crippen LogP contribution is -2.21. The van der Waals surface area contributed by atoms with Crippen molar-refractivity contribution in [3.8, 4) is 0 Å². The number of aliphatic hydroxyl groups excluding tert-OH is 1. The Morgan fingerprint density at radius 1 is 1.13 bits per heavy atom. The van der Waals surface area contributed by atoms with Crippen molar-refractivity contribution in [2.75, 3.05) is 36.2 Å². The quantitative estimate of drug-likeness (QED) is 0.763. The highest BCUT2D eigenvalue weighted by Crippen LogP contribution is 2.20. The van der Waals surface area contributed by atoms with Gasteiger partial charge in [0.1, 0.15) is 0 Å². The molecule has 0 aliphatic rings. The highest BCUT2D eigenvalue weighted by molar-refractivity contribution is 7.99. The number of rotatable bonds is 7. The molecule has 122 valence electrons. The topological polar surface area (TPSA) is 52.6 Å². The molecule has 0 atom stereocenters. The van der Waals surface area contributed by atoms with E-state index < -0.39 is 0 Å². The zero-order valence-corrected chi connectivity index (χ0v) is 14.3. The lowest BCUT2D eigenvalue weighted by atomic mass is 10.2. The van der Waals surface area contributed by atoms with Crippen LogP contribution in [0.5, 0.6) is 0 Å². The standard InChI is InChI=1S/C18H22N2O2S/c1-3-23-17-10-4-14(5-11-17)18(22)19-15-6-8-16(9-7-15)20(2)12-13-21/h4-11,21H,3,12-13H2,1-2H3,(H,19,22). The van der Waals surface area contributed by atoms with Gasteiger partial charge < -0.3 is 15.3 Å². The van der Waals surface area contributed by atoms with Crippen LogP contribution in [0.2, 0.25) is 0 Å². The summed E-state index contributed by atoms with van der Waals surface area (Å²) < 4.78 is 0. The van der Waals surface area contributed by atoms with Crippen LogP contribution in [0.3, 0.4) is 0 Å². The third-order valence-electron chi connectivity index (χ3n) is 3.43. The fourth-order valence-electron chi connectivity index (χ4n) is 2.15. The van der Waals surface area contributed by atoms with Gasteiger partial charge in [-0.05, 0) is 54.3 Å². The van der Waals surface area contributed by atoms with Crippen LogP contribution in [0.4, 0.5) is 11.4 Å². The predicted molar refractivity (Wildman–Crippen MR) is 97.6 cm³/mol. The Balaban J connectivity index is 1.99. The Morgan fingerprint density at radius 3 is 2.35 bits per heavy atom. The Kier molecular flexibility index (Phi) is 6.50. The first kappa shape index (κ1) is 17.4. The van der Waals surface area contributed by atoms with Crippen LogP contribution in [0.25, 0.3) is 0 Å². The van der Waals surface area contributed by atoms with Crippen molar-refractivity contribution in [2.24, 2.45) is 0 Å². The molecule has 1 amide bonds. The lowest BCUT2D eigenvalue weighted by molar-refractivity contribution is 0.102. The molecule has 0 radical (unpaired) electrons. The summed E-state index contributed by atoms with van der Waals surface area (Å²) in [5.74, 6) is 0.900. The summed E-state index contributed by atoms with van der Waals surface area (Å²) in [6.07, 6.45) is 0. The molecular formula is C18H22N2O2S. The van der Waals surface area contributed by atoms with Gasteiger partial charge in [-0.25, -0.2) is 0 Å². The van der Waals surface area contributed by atoms with Gasteiger partial charge in [0.05, 0.1) is 6.61 Å². The number of carbonyl (C=O) groups is 1. The van der Waals surface area contributed by atoms with Crippen LogP contribution < -0.4 is 10.2 Å². The first-order valence-electron chi connectivity index (χ1n) is 7.60. The molecule has 0 spiro atoms. The van der Waals surface area contributed by atoms with E-state index in [9.17, 15) is 4.79 Å². The molecule has 2 aromatic carbocycles. The molecule has 0 saturated carbocycles. The summed E-state index contributed by atoms with van der Waals surface area (Å²) in [6.45, 7) is 2.79. The van der Waals surface area contributed by atoms with Crippen LogP contribution in [0, 0.1) is 0 Å².